The molecule has 1 heterocycles. The molecule has 0 saturated carbocycles. The summed E-state index contributed by atoms with van der Waals surface area (Å²) < 4.78 is 11.5. The second kappa shape index (κ2) is 8.23. The molecular weight excluding hydrogens is 374 g/mol. The number of ether oxygens (including phenoxy) is 2. The lowest BCUT2D eigenvalue weighted by Crippen LogP contribution is -2.29. The first-order valence-corrected chi connectivity index (χ1v) is 10.3. The lowest BCUT2D eigenvalue weighted by molar-refractivity contribution is -0.155. The third kappa shape index (κ3) is 4.65. The summed E-state index contributed by atoms with van der Waals surface area (Å²) in [4.78, 5) is 14.9. The Bertz CT molecular complexity index is 1010. The summed E-state index contributed by atoms with van der Waals surface area (Å²) in [7, 11) is 0. The molecule has 4 rings (SSSR count). The van der Waals surface area contributed by atoms with Crippen molar-refractivity contribution in [1.82, 2.24) is 0 Å². The van der Waals surface area contributed by atoms with Gasteiger partial charge in [-0.25, -0.2) is 0 Å². The number of rotatable bonds is 5. The van der Waals surface area contributed by atoms with Crippen molar-refractivity contribution in [1.29, 1.82) is 0 Å². The molecule has 0 radical (unpaired) electrons. The fourth-order valence-electron chi connectivity index (χ4n) is 3.83. The van der Waals surface area contributed by atoms with Crippen molar-refractivity contribution in [3.05, 3.63) is 90.0 Å². The van der Waals surface area contributed by atoms with E-state index in [0.717, 1.165) is 23.7 Å². The summed E-state index contributed by atoms with van der Waals surface area (Å²) in [5.74, 6) is 1.41. The predicted octanol–water partition coefficient (Wildman–Crippen LogP) is 6.27. The second-order valence-electron chi connectivity index (χ2n) is 8.54. The van der Waals surface area contributed by atoms with E-state index in [0.29, 0.717) is 6.42 Å². The Morgan fingerprint density at radius 2 is 1.53 bits per heavy atom. The molecule has 4 heteroatoms. The molecule has 154 valence electrons. The quantitative estimate of drug-likeness (QED) is 0.472. The molecule has 0 saturated heterocycles. The van der Waals surface area contributed by atoms with Gasteiger partial charge in [-0.05, 0) is 68.3 Å². The summed E-state index contributed by atoms with van der Waals surface area (Å²) in [6, 6.07) is 26.0. The number of hydrogen-bond acceptors (Lipinski definition) is 4. The molecule has 0 aromatic heterocycles. The SMILES string of the molecule is CC(C)(C)OC(=O)CC1c2ccccc2CN1c1ccc(Oc2ccccc2)cc1. The van der Waals surface area contributed by atoms with Crippen LogP contribution in [0.2, 0.25) is 0 Å². The molecule has 1 atom stereocenters. The van der Waals surface area contributed by atoms with Gasteiger partial charge in [0.1, 0.15) is 17.1 Å². The number of hydrogen-bond donors (Lipinski definition) is 0. The minimum absolute atomic E-state index is 0.0445. The van der Waals surface area contributed by atoms with E-state index in [9.17, 15) is 4.79 Å². The van der Waals surface area contributed by atoms with E-state index >= 15 is 0 Å². The Hall–Kier alpha value is -3.27. The molecular formula is C26H27NO3. The molecule has 30 heavy (non-hydrogen) atoms. The monoisotopic (exact) mass is 401 g/mol. The molecule has 4 nitrogen and oxygen atoms in total. The van der Waals surface area contributed by atoms with Crippen molar-refractivity contribution in [2.45, 2.75) is 45.4 Å². The molecule has 0 aliphatic carbocycles. The Balaban J connectivity index is 1.55. The van der Waals surface area contributed by atoms with Gasteiger partial charge in [-0.2, -0.15) is 0 Å². The first-order valence-electron chi connectivity index (χ1n) is 10.3. The zero-order valence-corrected chi connectivity index (χ0v) is 17.7. The van der Waals surface area contributed by atoms with Gasteiger partial charge in [-0.3, -0.25) is 4.79 Å². The summed E-state index contributed by atoms with van der Waals surface area (Å²) in [5, 5.41) is 0. The Morgan fingerprint density at radius 1 is 0.900 bits per heavy atom. The van der Waals surface area contributed by atoms with Crippen LogP contribution in [0.25, 0.3) is 0 Å². The minimum Gasteiger partial charge on any atom is -0.460 e. The van der Waals surface area contributed by atoms with Crippen LogP contribution < -0.4 is 9.64 Å². The van der Waals surface area contributed by atoms with Crippen LogP contribution in [-0.4, -0.2) is 11.6 Å². The standard InChI is InChI=1S/C26H27NO3/c1-26(2,3)30-25(28)17-24-23-12-8-7-9-19(23)18-27(24)20-13-15-22(16-14-20)29-21-10-5-4-6-11-21/h4-16,24H,17-18H2,1-3H3. The average Bonchev–Trinajstić information content (AvgIpc) is 3.06. The zero-order valence-electron chi connectivity index (χ0n) is 17.7. The number of fused-ring (bicyclic) bond motifs is 1. The Labute approximate surface area is 178 Å². The van der Waals surface area contributed by atoms with E-state index in [-0.39, 0.29) is 12.0 Å². The lowest BCUT2D eigenvalue weighted by atomic mass is 10.0. The van der Waals surface area contributed by atoms with Crippen LogP contribution in [0.4, 0.5) is 5.69 Å². The summed E-state index contributed by atoms with van der Waals surface area (Å²) in [6.45, 7) is 6.46. The van der Waals surface area contributed by atoms with Crippen molar-refractivity contribution < 1.29 is 14.3 Å². The van der Waals surface area contributed by atoms with Crippen molar-refractivity contribution in [2.24, 2.45) is 0 Å². The highest BCUT2D eigenvalue weighted by Gasteiger charge is 2.33. The van der Waals surface area contributed by atoms with E-state index in [4.69, 9.17) is 9.47 Å². The van der Waals surface area contributed by atoms with Crippen LogP contribution in [0.5, 0.6) is 11.5 Å². The molecule has 0 amide bonds. The van der Waals surface area contributed by atoms with Crippen molar-refractivity contribution >= 4 is 11.7 Å². The molecule has 1 aliphatic heterocycles. The number of esters is 1. The number of carbonyl (C=O) groups is 1. The number of para-hydroxylation sites is 1. The fourth-order valence-corrected chi connectivity index (χ4v) is 3.83. The van der Waals surface area contributed by atoms with Gasteiger partial charge in [0.15, 0.2) is 0 Å². The van der Waals surface area contributed by atoms with Gasteiger partial charge in [0.2, 0.25) is 0 Å². The first kappa shape index (κ1) is 20.0. The number of nitrogens with zero attached hydrogens (tertiary/aromatic N) is 1. The van der Waals surface area contributed by atoms with Gasteiger partial charge >= 0.3 is 5.97 Å². The highest BCUT2D eigenvalue weighted by Crippen LogP contribution is 2.40. The van der Waals surface area contributed by atoms with Gasteiger partial charge in [0.25, 0.3) is 0 Å². The summed E-state index contributed by atoms with van der Waals surface area (Å²) in [6.07, 6.45) is 0.316. The van der Waals surface area contributed by atoms with Gasteiger partial charge in [-0.1, -0.05) is 42.5 Å². The summed E-state index contributed by atoms with van der Waals surface area (Å²) in [5.41, 5.74) is 3.00. The Morgan fingerprint density at radius 3 is 2.23 bits per heavy atom. The molecule has 0 bridgehead atoms. The third-order valence-corrected chi connectivity index (χ3v) is 5.06. The third-order valence-electron chi connectivity index (χ3n) is 5.06. The highest BCUT2D eigenvalue weighted by molar-refractivity contribution is 5.73. The van der Waals surface area contributed by atoms with E-state index in [1.54, 1.807) is 0 Å². The van der Waals surface area contributed by atoms with E-state index in [1.165, 1.54) is 11.1 Å². The fraction of sp³-hybridized carbons (Fsp3) is 0.269. The van der Waals surface area contributed by atoms with Crippen molar-refractivity contribution in [3.63, 3.8) is 0 Å². The van der Waals surface area contributed by atoms with Crippen LogP contribution in [0.15, 0.2) is 78.9 Å². The lowest BCUT2D eigenvalue weighted by Gasteiger charge is -2.28. The molecule has 3 aromatic rings. The van der Waals surface area contributed by atoms with E-state index < -0.39 is 5.60 Å². The van der Waals surface area contributed by atoms with Gasteiger partial charge in [0.05, 0.1) is 12.5 Å². The Kier molecular flexibility index (Phi) is 5.49. The van der Waals surface area contributed by atoms with E-state index in [1.807, 2.05) is 87.5 Å². The molecule has 3 aromatic carbocycles. The van der Waals surface area contributed by atoms with E-state index in [2.05, 4.69) is 17.0 Å². The first-order chi connectivity index (χ1) is 14.4. The van der Waals surface area contributed by atoms with Crippen molar-refractivity contribution in [2.75, 3.05) is 4.90 Å². The number of anilines is 1. The maximum absolute atomic E-state index is 12.6. The smallest absolute Gasteiger partial charge is 0.308 e. The topological polar surface area (TPSA) is 38.8 Å². The molecule has 0 spiro atoms. The molecule has 1 aliphatic rings. The van der Waals surface area contributed by atoms with Gasteiger partial charge in [-0.15, -0.1) is 0 Å². The number of carbonyl (C=O) groups excluding carboxylic acids is 1. The predicted molar refractivity (Wildman–Crippen MR) is 119 cm³/mol. The highest BCUT2D eigenvalue weighted by atomic mass is 16.6. The number of benzene rings is 3. The minimum atomic E-state index is -0.490. The van der Waals surface area contributed by atoms with Crippen LogP contribution in [0, 0.1) is 0 Å². The van der Waals surface area contributed by atoms with Gasteiger partial charge in [0, 0.05) is 12.2 Å². The second-order valence-corrected chi connectivity index (χ2v) is 8.54. The van der Waals surface area contributed by atoms with Gasteiger partial charge < -0.3 is 14.4 Å². The largest absolute Gasteiger partial charge is 0.460 e. The summed E-state index contributed by atoms with van der Waals surface area (Å²) >= 11 is 0. The van der Waals surface area contributed by atoms with Crippen LogP contribution in [-0.2, 0) is 16.1 Å². The van der Waals surface area contributed by atoms with Crippen molar-refractivity contribution in [3.8, 4) is 11.5 Å². The molecule has 0 fully saturated rings. The molecule has 0 N–H and O–H groups in total. The normalized spacial score (nSPS) is 15.6. The van der Waals surface area contributed by atoms with Crippen LogP contribution in [0.1, 0.15) is 44.4 Å². The van der Waals surface area contributed by atoms with Crippen LogP contribution in [0.3, 0.4) is 0 Å². The average molecular weight is 402 g/mol. The van der Waals surface area contributed by atoms with Crippen LogP contribution >= 0.6 is 0 Å². The maximum Gasteiger partial charge on any atom is 0.308 e. The molecule has 1 unspecified atom stereocenters. The zero-order chi connectivity index (χ0) is 21.1. The maximum atomic E-state index is 12.6.